The Morgan fingerprint density at radius 2 is 1.67 bits per heavy atom. The third-order valence-electron chi connectivity index (χ3n) is 5.92. The smallest absolute Gasteiger partial charge is 0.228 e. The summed E-state index contributed by atoms with van der Waals surface area (Å²) in [5.74, 6) is 1.86. The molecule has 0 atom stereocenters. The van der Waals surface area contributed by atoms with Crippen LogP contribution in [0.5, 0.6) is 0 Å². The van der Waals surface area contributed by atoms with E-state index in [1.165, 1.54) is 10.5 Å². The first-order chi connectivity index (χ1) is 17.6. The molecule has 4 nitrogen and oxygen atoms in total. The Morgan fingerprint density at radius 1 is 0.917 bits per heavy atom. The van der Waals surface area contributed by atoms with Gasteiger partial charge in [0.25, 0.3) is 0 Å². The molecule has 0 saturated carbocycles. The van der Waals surface area contributed by atoms with Gasteiger partial charge in [-0.25, -0.2) is 4.98 Å². The Hall–Kier alpha value is -3.54. The summed E-state index contributed by atoms with van der Waals surface area (Å²) < 4.78 is 2.19. The van der Waals surface area contributed by atoms with Crippen LogP contribution >= 0.6 is 23.4 Å². The summed E-state index contributed by atoms with van der Waals surface area (Å²) in [7, 11) is 0. The van der Waals surface area contributed by atoms with E-state index in [9.17, 15) is 4.79 Å². The van der Waals surface area contributed by atoms with Crippen LogP contribution in [0.1, 0.15) is 18.1 Å². The number of halogens is 1. The van der Waals surface area contributed by atoms with Crippen LogP contribution in [0.15, 0.2) is 102 Å². The number of carbonyl (C=O) groups is 1. The van der Waals surface area contributed by atoms with Gasteiger partial charge in [0.15, 0.2) is 0 Å². The second-order valence-electron chi connectivity index (χ2n) is 8.52. The largest absolute Gasteiger partial charge is 0.326 e. The number of anilines is 1. The molecular formula is C30H26ClN3OS. The van der Waals surface area contributed by atoms with Crippen molar-refractivity contribution in [2.45, 2.75) is 24.8 Å². The number of aromatic nitrogens is 2. The highest BCUT2D eigenvalue weighted by molar-refractivity contribution is 7.99. The quantitative estimate of drug-likeness (QED) is 0.217. The summed E-state index contributed by atoms with van der Waals surface area (Å²) >= 11 is 8.11. The zero-order valence-corrected chi connectivity index (χ0v) is 21.5. The Kier molecular flexibility index (Phi) is 7.40. The fourth-order valence-corrected chi connectivity index (χ4v) is 5.03. The molecule has 6 heteroatoms. The molecule has 0 aliphatic carbocycles. The van der Waals surface area contributed by atoms with E-state index >= 15 is 0 Å². The SMILES string of the molecule is CCSc1ccc(CC(=O)Nc2ccc(-c3nc4ccc(Cl)cc4n3Cc3ccccc3)cc2)cc1. The first kappa shape index (κ1) is 24.2. The number of hydrogen-bond donors (Lipinski definition) is 1. The van der Waals surface area contributed by atoms with Crippen molar-refractivity contribution in [3.8, 4) is 11.4 Å². The fourth-order valence-electron chi connectivity index (χ4n) is 4.21. The molecule has 36 heavy (non-hydrogen) atoms. The first-order valence-corrected chi connectivity index (χ1v) is 13.3. The molecule has 5 rings (SSSR count). The van der Waals surface area contributed by atoms with Gasteiger partial charge in [0, 0.05) is 27.7 Å². The van der Waals surface area contributed by atoms with E-state index in [4.69, 9.17) is 16.6 Å². The maximum Gasteiger partial charge on any atom is 0.228 e. The number of nitrogens with zero attached hydrogens (tertiary/aromatic N) is 2. The third-order valence-corrected chi connectivity index (χ3v) is 7.05. The lowest BCUT2D eigenvalue weighted by molar-refractivity contribution is -0.115. The fraction of sp³-hybridized carbons (Fsp3) is 0.133. The van der Waals surface area contributed by atoms with Crippen molar-refractivity contribution >= 4 is 46.0 Å². The van der Waals surface area contributed by atoms with Crippen LogP contribution in [0.2, 0.25) is 5.02 Å². The van der Waals surface area contributed by atoms with Crippen molar-refractivity contribution in [1.29, 1.82) is 0 Å². The van der Waals surface area contributed by atoms with Crippen LogP contribution in [0, 0.1) is 0 Å². The van der Waals surface area contributed by atoms with Gasteiger partial charge in [0.05, 0.1) is 17.5 Å². The van der Waals surface area contributed by atoms with Crippen molar-refractivity contribution in [2.75, 3.05) is 11.1 Å². The number of carbonyl (C=O) groups excluding carboxylic acids is 1. The highest BCUT2D eigenvalue weighted by atomic mass is 35.5. The van der Waals surface area contributed by atoms with E-state index in [-0.39, 0.29) is 5.91 Å². The van der Waals surface area contributed by atoms with Gasteiger partial charge in [-0.15, -0.1) is 11.8 Å². The molecule has 0 saturated heterocycles. The lowest BCUT2D eigenvalue weighted by Gasteiger charge is -2.11. The molecular weight excluding hydrogens is 486 g/mol. The van der Waals surface area contributed by atoms with E-state index in [1.807, 2.05) is 72.8 Å². The molecule has 5 aromatic rings. The number of hydrogen-bond acceptors (Lipinski definition) is 3. The van der Waals surface area contributed by atoms with Gasteiger partial charge in [0.2, 0.25) is 5.91 Å². The summed E-state index contributed by atoms with van der Waals surface area (Å²) in [5, 5.41) is 3.69. The van der Waals surface area contributed by atoms with Crippen LogP contribution in [-0.4, -0.2) is 21.2 Å². The van der Waals surface area contributed by atoms with E-state index in [2.05, 4.69) is 41.1 Å². The maximum atomic E-state index is 12.6. The Bertz CT molecular complexity index is 1480. The number of fused-ring (bicyclic) bond motifs is 1. The average Bonchev–Trinajstić information content (AvgIpc) is 3.24. The van der Waals surface area contributed by atoms with Crippen LogP contribution in [0.3, 0.4) is 0 Å². The van der Waals surface area contributed by atoms with Crippen molar-refractivity contribution in [1.82, 2.24) is 9.55 Å². The van der Waals surface area contributed by atoms with Crippen LogP contribution in [-0.2, 0) is 17.8 Å². The van der Waals surface area contributed by atoms with E-state index in [0.717, 1.165) is 39.4 Å². The monoisotopic (exact) mass is 511 g/mol. The minimum absolute atomic E-state index is 0.0374. The number of amides is 1. The van der Waals surface area contributed by atoms with Gasteiger partial charge < -0.3 is 9.88 Å². The average molecular weight is 512 g/mol. The number of thioether (sulfide) groups is 1. The molecule has 0 spiro atoms. The van der Waals surface area contributed by atoms with Crippen LogP contribution in [0.25, 0.3) is 22.4 Å². The molecule has 4 aromatic carbocycles. The van der Waals surface area contributed by atoms with E-state index in [0.29, 0.717) is 18.0 Å². The standard InChI is InChI=1S/C30H26ClN3OS/c1-2-36-26-15-8-21(9-16-26)18-29(35)32-25-13-10-23(11-14-25)30-33-27-17-12-24(31)19-28(27)34(30)20-22-6-4-3-5-7-22/h3-17,19H,2,18,20H2,1H3,(H,32,35). The lowest BCUT2D eigenvalue weighted by atomic mass is 10.1. The van der Waals surface area contributed by atoms with Crippen molar-refractivity contribution in [2.24, 2.45) is 0 Å². The summed E-state index contributed by atoms with van der Waals surface area (Å²) in [4.78, 5) is 18.7. The Balaban J connectivity index is 1.35. The number of nitrogens with one attached hydrogen (secondary N) is 1. The van der Waals surface area contributed by atoms with Gasteiger partial charge in [-0.1, -0.05) is 61.0 Å². The number of benzene rings is 4. The molecule has 1 amide bonds. The predicted molar refractivity (Wildman–Crippen MR) is 151 cm³/mol. The third kappa shape index (κ3) is 5.64. The minimum Gasteiger partial charge on any atom is -0.326 e. The zero-order valence-electron chi connectivity index (χ0n) is 19.9. The van der Waals surface area contributed by atoms with Crippen LogP contribution < -0.4 is 5.32 Å². The topological polar surface area (TPSA) is 46.9 Å². The molecule has 180 valence electrons. The predicted octanol–water partition coefficient (Wildman–Crippen LogP) is 7.70. The van der Waals surface area contributed by atoms with Crippen molar-refractivity contribution in [3.05, 3.63) is 113 Å². The zero-order chi connectivity index (χ0) is 24.9. The van der Waals surface area contributed by atoms with Crippen LogP contribution in [0.4, 0.5) is 5.69 Å². The second-order valence-corrected chi connectivity index (χ2v) is 10.3. The van der Waals surface area contributed by atoms with Gasteiger partial charge >= 0.3 is 0 Å². The minimum atomic E-state index is -0.0374. The summed E-state index contributed by atoms with van der Waals surface area (Å²) in [6.07, 6.45) is 0.340. The summed E-state index contributed by atoms with van der Waals surface area (Å²) in [6.45, 7) is 2.81. The molecule has 0 fully saturated rings. The van der Waals surface area contributed by atoms with Gasteiger partial charge in [-0.05, 0) is 71.5 Å². The van der Waals surface area contributed by atoms with Crippen molar-refractivity contribution < 1.29 is 4.79 Å². The summed E-state index contributed by atoms with van der Waals surface area (Å²) in [5.41, 5.74) is 5.80. The van der Waals surface area contributed by atoms with E-state index < -0.39 is 0 Å². The van der Waals surface area contributed by atoms with Crippen molar-refractivity contribution in [3.63, 3.8) is 0 Å². The van der Waals surface area contributed by atoms with Gasteiger partial charge in [-0.2, -0.15) is 0 Å². The molecule has 1 heterocycles. The van der Waals surface area contributed by atoms with E-state index in [1.54, 1.807) is 11.8 Å². The van der Waals surface area contributed by atoms with Gasteiger partial charge in [0.1, 0.15) is 5.82 Å². The lowest BCUT2D eigenvalue weighted by Crippen LogP contribution is -2.14. The molecule has 0 aliphatic heterocycles. The maximum absolute atomic E-state index is 12.6. The van der Waals surface area contributed by atoms with Gasteiger partial charge in [-0.3, -0.25) is 4.79 Å². The molecule has 1 N–H and O–H groups in total. The number of imidazole rings is 1. The molecule has 0 bridgehead atoms. The molecule has 0 aliphatic rings. The second kappa shape index (κ2) is 11.0. The molecule has 0 unspecified atom stereocenters. The summed E-state index contributed by atoms with van der Waals surface area (Å²) in [6, 6.07) is 32.1. The normalized spacial score (nSPS) is 11.1. The Morgan fingerprint density at radius 3 is 2.39 bits per heavy atom. The highest BCUT2D eigenvalue weighted by Gasteiger charge is 2.14. The Labute approximate surface area is 220 Å². The molecule has 1 aromatic heterocycles. The highest BCUT2D eigenvalue weighted by Crippen LogP contribution is 2.29. The molecule has 0 radical (unpaired) electrons. The number of rotatable bonds is 8. The first-order valence-electron chi connectivity index (χ1n) is 11.9.